The molecule has 2 aromatic carbocycles. The Hall–Kier alpha value is -2.58. The summed E-state index contributed by atoms with van der Waals surface area (Å²) in [5, 5.41) is 0. The van der Waals surface area contributed by atoms with Gasteiger partial charge < -0.3 is 14.4 Å². The molecule has 7 nitrogen and oxygen atoms in total. The molecule has 1 unspecified atom stereocenters. The zero-order valence-corrected chi connectivity index (χ0v) is 16.5. The summed E-state index contributed by atoms with van der Waals surface area (Å²) in [6.07, 6.45) is -0.931. The van der Waals surface area contributed by atoms with E-state index < -0.39 is 16.1 Å². The second kappa shape index (κ2) is 7.21. The Morgan fingerprint density at radius 3 is 2.59 bits per heavy atom. The lowest BCUT2D eigenvalue weighted by molar-refractivity contribution is -0.125. The average Bonchev–Trinajstić information content (AvgIpc) is 2.65. The Morgan fingerprint density at radius 1 is 1.19 bits per heavy atom. The number of fused-ring (bicyclic) bond motifs is 1. The van der Waals surface area contributed by atoms with Crippen LogP contribution in [0, 0.1) is 13.8 Å². The van der Waals surface area contributed by atoms with Crippen molar-refractivity contribution in [1.29, 1.82) is 0 Å². The van der Waals surface area contributed by atoms with Gasteiger partial charge in [-0.15, -0.1) is 0 Å². The molecule has 0 bridgehead atoms. The van der Waals surface area contributed by atoms with Gasteiger partial charge in [0, 0.05) is 7.05 Å². The summed E-state index contributed by atoms with van der Waals surface area (Å²) in [6.45, 7) is 3.31. The highest BCUT2D eigenvalue weighted by Gasteiger charge is 2.33. The van der Waals surface area contributed by atoms with E-state index in [2.05, 4.69) is 4.72 Å². The molecule has 1 N–H and O–H groups in total. The number of benzene rings is 2. The van der Waals surface area contributed by atoms with Crippen LogP contribution >= 0.6 is 0 Å². The molecule has 1 aliphatic heterocycles. The molecule has 1 heterocycles. The minimum absolute atomic E-state index is 0.151. The van der Waals surface area contributed by atoms with E-state index in [1.54, 1.807) is 51.2 Å². The van der Waals surface area contributed by atoms with Gasteiger partial charge in [-0.05, 0) is 49.2 Å². The number of hydrogen-bond acceptors (Lipinski definition) is 5. The van der Waals surface area contributed by atoms with E-state index in [4.69, 9.17) is 9.47 Å². The van der Waals surface area contributed by atoms with E-state index in [-0.39, 0.29) is 17.3 Å². The topological polar surface area (TPSA) is 84.9 Å². The van der Waals surface area contributed by atoms with Gasteiger partial charge in [0.1, 0.15) is 11.5 Å². The number of methoxy groups -OCH3 is 1. The van der Waals surface area contributed by atoms with Crippen LogP contribution in [0.1, 0.15) is 11.1 Å². The molecule has 0 aromatic heterocycles. The van der Waals surface area contributed by atoms with Gasteiger partial charge in [0.15, 0.2) is 6.10 Å². The lowest BCUT2D eigenvalue weighted by Crippen LogP contribution is -2.49. The van der Waals surface area contributed by atoms with Crippen LogP contribution < -0.4 is 19.1 Å². The van der Waals surface area contributed by atoms with Crippen molar-refractivity contribution < 1.29 is 22.7 Å². The third-order valence-corrected chi connectivity index (χ3v) is 6.11. The number of carbonyl (C=O) groups is 1. The number of likely N-dealkylation sites (N-methyl/N-ethyl adjacent to an activating group) is 1. The first-order chi connectivity index (χ1) is 12.7. The normalized spacial score (nSPS) is 16.7. The highest BCUT2D eigenvalue weighted by molar-refractivity contribution is 7.89. The van der Waals surface area contributed by atoms with Crippen LogP contribution in [-0.2, 0) is 14.8 Å². The molecule has 1 amide bonds. The summed E-state index contributed by atoms with van der Waals surface area (Å²) in [5.74, 6) is 0.856. The highest BCUT2D eigenvalue weighted by Crippen LogP contribution is 2.32. The molecule has 0 radical (unpaired) electrons. The number of sulfonamides is 1. The SMILES string of the molecule is COc1cc(C)c(S(=O)(=O)NCC2Oc3ccccc3N(C)C2=O)cc1C. The molecule has 144 valence electrons. The molecule has 3 rings (SSSR count). The van der Waals surface area contributed by atoms with Crippen LogP contribution in [-0.4, -0.2) is 41.1 Å². The van der Waals surface area contributed by atoms with Crippen molar-refractivity contribution in [2.45, 2.75) is 24.8 Å². The van der Waals surface area contributed by atoms with Gasteiger partial charge in [0.05, 0.1) is 24.2 Å². The predicted octanol–water partition coefficient (Wildman–Crippen LogP) is 2.01. The fraction of sp³-hybridized carbons (Fsp3) is 0.316. The monoisotopic (exact) mass is 390 g/mol. The van der Waals surface area contributed by atoms with Crippen LogP contribution in [0.25, 0.3) is 0 Å². The van der Waals surface area contributed by atoms with Gasteiger partial charge in [-0.2, -0.15) is 0 Å². The zero-order chi connectivity index (χ0) is 19.8. The first-order valence-electron chi connectivity index (χ1n) is 8.42. The molecule has 2 aromatic rings. The lowest BCUT2D eigenvalue weighted by Gasteiger charge is -2.31. The van der Waals surface area contributed by atoms with Gasteiger partial charge in [0.25, 0.3) is 5.91 Å². The van der Waals surface area contributed by atoms with Crippen molar-refractivity contribution in [2.75, 3.05) is 25.6 Å². The highest BCUT2D eigenvalue weighted by atomic mass is 32.2. The van der Waals surface area contributed by atoms with Crippen molar-refractivity contribution >= 4 is 21.6 Å². The number of amides is 1. The average molecular weight is 390 g/mol. The fourth-order valence-corrected chi connectivity index (χ4v) is 4.38. The summed E-state index contributed by atoms with van der Waals surface area (Å²) in [4.78, 5) is 14.1. The van der Waals surface area contributed by atoms with E-state index in [9.17, 15) is 13.2 Å². The Kier molecular flexibility index (Phi) is 5.12. The van der Waals surface area contributed by atoms with Crippen molar-refractivity contribution in [1.82, 2.24) is 4.72 Å². The number of hydrogen-bond donors (Lipinski definition) is 1. The van der Waals surface area contributed by atoms with Crippen LogP contribution in [0.4, 0.5) is 5.69 Å². The maximum absolute atomic E-state index is 12.7. The predicted molar refractivity (Wildman–Crippen MR) is 102 cm³/mol. The molecule has 0 spiro atoms. The summed E-state index contributed by atoms with van der Waals surface area (Å²) < 4.78 is 38.9. The van der Waals surface area contributed by atoms with E-state index >= 15 is 0 Å². The number of nitrogens with one attached hydrogen (secondary N) is 1. The van der Waals surface area contributed by atoms with Crippen molar-refractivity contribution in [3.8, 4) is 11.5 Å². The Balaban J connectivity index is 1.80. The van der Waals surface area contributed by atoms with Crippen LogP contribution in [0.3, 0.4) is 0 Å². The number of nitrogens with zero attached hydrogens (tertiary/aromatic N) is 1. The maximum Gasteiger partial charge on any atom is 0.269 e. The summed E-state index contributed by atoms with van der Waals surface area (Å²) >= 11 is 0. The van der Waals surface area contributed by atoms with Crippen LogP contribution in [0.5, 0.6) is 11.5 Å². The molecule has 0 saturated carbocycles. The number of ether oxygens (including phenoxy) is 2. The molecular formula is C19H22N2O5S. The number of aryl methyl sites for hydroxylation is 2. The van der Waals surface area contributed by atoms with Crippen LogP contribution in [0.15, 0.2) is 41.3 Å². The Morgan fingerprint density at radius 2 is 1.89 bits per heavy atom. The minimum atomic E-state index is -3.81. The number of anilines is 1. The molecule has 0 aliphatic carbocycles. The van der Waals surface area contributed by atoms with E-state index in [0.29, 0.717) is 28.3 Å². The summed E-state index contributed by atoms with van der Waals surface area (Å²) in [5.41, 5.74) is 1.92. The van der Waals surface area contributed by atoms with Gasteiger partial charge in [-0.3, -0.25) is 4.79 Å². The molecule has 0 saturated heterocycles. The Bertz CT molecular complexity index is 988. The summed E-state index contributed by atoms with van der Waals surface area (Å²) in [7, 11) is -0.635. The van der Waals surface area contributed by atoms with Crippen molar-refractivity contribution in [3.63, 3.8) is 0 Å². The van der Waals surface area contributed by atoms with Gasteiger partial charge in [0.2, 0.25) is 10.0 Å². The van der Waals surface area contributed by atoms with Crippen molar-refractivity contribution in [3.05, 3.63) is 47.5 Å². The molecule has 0 fully saturated rings. The molecule has 1 atom stereocenters. The standard InChI is InChI=1S/C19H22N2O5S/c1-12-10-18(13(2)9-16(12)25-4)27(23,24)20-11-17-19(22)21(3)14-7-5-6-8-15(14)26-17/h5-10,17,20H,11H2,1-4H3. The van der Waals surface area contributed by atoms with E-state index in [1.807, 2.05) is 6.07 Å². The molecule has 1 aliphatic rings. The van der Waals surface area contributed by atoms with E-state index in [0.717, 1.165) is 0 Å². The third-order valence-electron chi connectivity index (χ3n) is 4.54. The summed E-state index contributed by atoms with van der Waals surface area (Å²) in [6, 6.07) is 10.4. The smallest absolute Gasteiger partial charge is 0.269 e. The second-order valence-electron chi connectivity index (χ2n) is 6.41. The van der Waals surface area contributed by atoms with Gasteiger partial charge in [-0.1, -0.05) is 12.1 Å². The first-order valence-corrected chi connectivity index (χ1v) is 9.91. The second-order valence-corrected chi connectivity index (χ2v) is 8.15. The zero-order valence-electron chi connectivity index (χ0n) is 15.6. The largest absolute Gasteiger partial charge is 0.496 e. The molecule has 27 heavy (non-hydrogen) atoms. The Labute approximate surface area is 158 Å². The third kappa shape index (κ3) is 3.63. The number of carbonyl (C=O) groups excluding carboxylic acids is 1. The molecule has 8 heteroatoms. The maximum atomic E-state index is 12.7. The van der Waals surface area contributed by atoms with Crippen molar-refractivity contribution in [2.24, 2.45) is 0 Å². The first kappa shape index (κ1) is 19.2. The number of rotatable bonds is 5. The minimum Gasteiger partial charge on any atom is -0.496 e. The number of para-hydroxylation sites is 2. The van der Waals surface area contributed by atoms with Crippen LogP contribution in [0.2, 0.25) is 0 Å². The lowest BCUT2D eigenvalue weighted by atomic mass is 10.1. The quantitative estimate of drug-likeness (QED) is 0.844. The van der Waals surface area contributed by atoms with Gasteiger partial charge >= 0.3 is 0 Å². The van der Waals surface area contributed by atoms with Gasteiger partial charge in [-0.25, -0.2) is 13.1 Å². The van der Waals surface area contributed by atoms with E-state index in [1.165, 1.54) is 12.0 Å². The molecular weight excluding hydrogens is 368 g/mol. The fourth-order valence-electron chi connectivity index (χ4n) is 3.04.